The molecule has 17 heavy (non-hydrogen) atoms. The average Bonchev–Trinajstić information content (AvgIpc) is 2.32. The smallest absolute Gasteiger partial charge is 0.266 e. The van der Waals surface area contributed by atoms with Crippen molar-refractivity contribution in [2.75, 3.05) is 0 Å². The van der Waals surface area contributed by atoms with E-state index < -0.39 is 0 Å². The van der Waals surface area contributed by atoms with E-state index in [1.54, 1.807) is 18.3 Å². The van der Waals surface area contributed by atoms with Crippen molar-refractivity contribution in [2.24, 2.45) is 10.8 Å². The van der Waals surface area contributed by atoms with Gasteiger partial charge in [-0.05, 0) is 24.4 Å². The molecule has 0 aliphatic heterocycles. The second-order valence-corrected chi connectivity index (χ2v) is 3.62. The van der Waals surface area contributed by atoms with E-state index in [1.807, 2.05) is 6.07 Å². The zero-order valence-electron chi connectivity index (χ0n) is 8.70. The molecule has 0 fully saturated rings. The van der Waals surface area contributed by atoms with Gasteiger partial charge < -0.3 is 5.73 Å². The van der Waals surface area contributed by atoms with Crippen LogP contribution in [0.25, 0.3) is 5.65 Å². The highest BCUT2D eigenvalue weighted by molar-refractivity contribution is 7.80. The first-order valence-corrected chi connectivity index (χ1v) is 5.14. The summed E-state index contributed by atoms with van der Waals surface area (Å²) in [5.74, 6) is 0. The van der Waals surface area contributed by atoms with Gasteiger partial charge >= 0.3 is 0 Å². The van der Waals surface area contributed by atoms with Crippen molar-refractivity contribution in [3.05, 3.63) is 46.5 Å². The Bertz CT molecular complexity index is 648. The molecule has 0 unspecified atom stereocenters. The lowest BCUT2D eigenvalue weighted by atomic mass is 10.3. The summed E-state index contributed by atoms with van der Waals surface area (Å²) in [7, 11) is 0. The molecule has 2 aromatic rings. The Morgan fingerprint density at radius 3 is 3.18 bits per heavy atom. The lowest BCUT2D eigenvalue weighted by molar-refractivity contribution is 1.02. The summed E-state index contributed by atoms with van der Waals surface area (Å²) in [6, 6.07) is 5.31. The molecule has 0 aliphatic carbocycles. The van der Waals surface area contributed by atoms with E-state index in [0.29, 0.717) is 11.2 Å². The van der Waals surface area contributed by atoms with Crippen molar-refractivity contribution in [2.45, 2.75) is 0 Å². The normalized spacial score (nSPS) is 10.8. The van der Waals surface area contributed by atoms with Gasteiger partial charge in [0.05, 0.1) is 11.8 Å². The Balaban J connectivity index is 2.43. The number of thiocarbonyl (C=S) groups is 1. The van der Waals surface area contributed by atoms with Gasteiger partial charge in [-0.1, -0.05) is 6.07 Å². The maximum absolute atomic E-state index is 11.9. The van der Waals surface area contributed by atoms with Gasteiger partial charge in [-0.2, -0.15) is 5.10 Å². The number of fused-ring (bicyclic) bond motifs is 1. The quantitative estimate of drug-likeness (QED) is 0.438. The van der Waals surface area contributed by atoms with Crippen molar-refractivity contribution in [1.82, 2.24) is 14.8 Å². The molecule has 2 rings (SSSR count). The molecule has 0 spiro atoms. The highest BCUT2D eigenvalue weighted by Crippen LogP contribution is 1.95. The number of nitrogens with one attached hydrogen (secondary N) is 1. The first kappa shape index (κ1) is 11.2. The first-order chi connectivity index (χ1) is 8.18. The van der Waals surface area contributed by atoms with E-state index in [4.69, 9.17) is 5.73 Å². The molecule has 0 radical (unpaired) electrons. The van der Waals surface area contributed by atoms with Gasteiger partial charge in [-0.25, -0.2) is 4.98 Å². The third-order valence-corrected chi connectivity index (χ3v) is 2.11. The van der Waals surface area contributed by atoms with Gasteiger partial charge in [0, 0.05) is 12.4 Å². The maximum Gasteiger partial charge on any atom is 0.266 e. The van der Waals surface area contributed by atoms with Crippen LogP contribution in [0, 0.1) is 0 Å². The summed E-state index contributed by atoms with van der Waals surface area (Å²) in [5.41, 5.74) is 8.29. The van der Waals surface area contributed by atoms with E-state index in [9.17, 15) is 4.79 Å². The Morgan fingerprint density at radius 1 is 1.59 bits per heavy atom. The zero-order chi connectivity index (χ0) is 12.3. The van der Waals surface area contributed by atoms with Crippen LogP contribution in [0.15, 0.2) is 40.5 Å². The highest BCUT2D eigenvalue weighted by Gasteiger charge is 2.01. The summed E-state index contributed by atoms with van der Waals surface area (Å²) in [4.78, 5) is 16.1. The maximum atomic E-state index is 11.9. The fourth-order valence-electron chi connectivity index (χ4n) is 1.29. The summed E-state index contributed by atoms with van der Waals surface area (Å²) < 4.78 is 1.43. The van der Waals surface area contributed by atoms with E-state index in [0.717, 1.165) is 0 Å². The number of nitrogens with zero attached hydrogens (tertiary/aromatic N) is 3. The SMILES string of the molecule is NC(=S)NN=Cc1cnc2ccccn2c1=O. The Hall–Kier alpha value is -2.28. The van der Waals surface area contributed by atoms with Crippen LogP contribution < -0.4 is 16.7 Å². The summed E-state index contributed by atoms with van der Waals surface area (Å²) in [6.45, 7) is 0. The lowest BCUT2D eigenvalue weighted by Gasteiger charge is -1.99. The van der Waals surface area contributed by atoms with Gasteiger partial charge in [0.25, 0.3) is 5.56 Å². The van der Waals surface area contributed by atoms with E-state index >= 15 is 0 Å². The van der Waals surface area contributed by atoms with E-state index in [1.165, 1.54) is 16.8 Å². The molecule has 7 heteroatoms. The largest absolute Gasteiger partial charge is 0.375 e. The molecule has 0 saturated heterocycles. The second kappa shape index (κ2) is 4.71. The monoisotopic (exact) mass is 247 g/mol. The topological polar surface area (TPSA) is 84.8 Å². The fraction of sp³-hybridized carbons (Fsp3) is 0. The molecule has 86 valence electrons. The van der Waals surface area contributed by atoms with Crippen molar-refractivity contribution in [3.8, 4) is 0 Å². The molecule has 0 aliphatic rings. The first-order valence-electron chi connectivity index (χ1n) is 4.73. The van der Waals surface area contributed by atoms with Crippen LogP contribution in [-0.2, 0) is 0 Å². The second-order valence-electron chi connectivity index (χ2n) is 3.18. The molecule has 2 heterocycles. The highest BCUT2D eigenvalue weighted by atomic mass is 32.1. The van der Waals surface area contributed by atoms with Crippen LogP contribution in [0.4, 0.5) is 0 Å². The van der Waals surface area contributed by atoms with Gasteiger partial charge in [-0.3, -0.25) is 14.6 Å². The van der Waals surface area contributed by atoms with Crippen molar-refractivity contribution < 1.29 is 0 Å². The Morgan fingerprint density at radius 2 is 2.41 bits per heavy atom. The number of rotatable bonds is 2. The van der Waals surface area contributed by atoms with Gasteiger partial charge in [0.15, 0.2) is 5.11 Å². The summed E-state index contributed by atoms with van der Waals surface area (Å²) in [5, 5.41) is 3.75. The molecule has 0 saturated carbocycles. The molecular weight excluding hydrogens is 238 g/mol. The van der Waals surface area contributed by atoms with Gasteiger partial charge in [-0.15, -0.1) is 0 Å². The minimum absolute atomic E-state index is 0.0371. The predicted octanol–water partition coefficient (Wildman–Crippen LogP) is -0.138. The molecule has 2 aromatic heterocycles. The van der Waals surface area contributed by atoms with Crippen LogP contribution >= 0.6 is 12.2 Å². The summed E-state index contributed by atoms with van der Waals surface area (Å²) in [6.07, 6.45) is 4.42. The van der Waals surface area contributed by atoms with Crippen molar-refractivity contribution >= 4 is 29.2 Å². The minimum Gasteiger partial charge on any atom is -0.375 e. The fourth-order valence-corrected chi connectivity index (χ4v) is 1.35. The van der Waals surface area contributed by atoms with Crippen LogP contribution in [0.1, 0.15) is 5.56 Å². The number of aromatic nitrogens is 2. The van der Waals surface area contributed by atoms with Crippen molar-refractivity contribution in [3.63, 3.8) is 0 Å². The molecule has 6 nitrogen and oxygen atoms in total. The Kier molecular flexibility index (Phi) is 3.10. The minimum atomic E-state index is -0.205. The van der Waals surface area contributed by atoms with Crippen LogP contribution in [-0.4, -0.2) is 20.7 Å². The molecule has 0 atom stereocenters. The molecule has 0 aromatic carbocycles. The molecule has 3 N–H and O–H groups in total. The third-order valence-electron chi connectivity index (χ3n) is 2.02. The standard InChI is InChI=1S/C10H9N5OS/c11-10(17)14-13-6-7-5-12-8-3-1-2-4-15(8)9(7)16/h1-6H,(H3,11,14,17). The molecule has 0 amide bonds. The Labute approximate surface area is 102 Å². The summed E-state index contributed by atoms with van der Waals surface area (Å²) >= 11 is 4.57. The number of pyridine rings is 1. The predicted molar refractivity (Wildman–Crippen MR) is 69.0 cm³/mol. The van der Waals surface area contributed by atoms with Gasteiger partial charge in [0.1, 0.15) is 5.65 Å². The zero-order valence-corrected chi connectivity index (χ0v) is 9.52. The van der Waals surface area contributed by atoms with Crippen LogP contribution in [0.3, 0.4) is 0 Å². The molecule has 0 bridgehead atoms. The average molecular weight is 247 g/mol. The number of hydrogen-bond acceptors (Lipinski definition) is 4. The van der Waals surface area contributed by atoms with Crippen LogP contribution in [0.2, 0.25) is 0 Å². The van der Waals surface area contributed by atoms with E-state index in [-0.39, 0.29) is 10.7 Å². The number of hydrogen-bond donors (Lipinski definition) is 2. The lowest BCUT2D eigenvalue weighted by Crippen LogP contribution is -2.25. The van der Waals surface area contributed by atoms with Crippen LogP contribution in [0.5, 0.6) is 0 Å². The molecular formula is C10H9N5OS. The van der Waals surface area contributed by atoms with E-state index in [2.05, 4.69) is 27.7 Å². The van der Waals surface area contributed by atoms with Gasteiger partial charge in [0.2, 0.25) is 0 Å². The van der Waals surface area contributed by atoms with Crippen molar-refractivity contribution in [1.29, 1.82) is 0 Å². The third kappa shape index (κ3) is 2.45. The number of hydrazone groups is 1. The number of nitrogens with two attached hydrogens (primary N) is 1.